The van der Waals surface area contributed by atoms with Crippen molar-refractivity contribution in [1.29, 1.82) is 0 Å². The highest BCUT2D eigenvalue weighted by Gasteiger charge is 2.13. The molecule has 0 atom stereocenters. The van der Waals surface area contributed by atoms with Crippen molar-refractivity contribution in [2.75, 3.05) is 11.9 Å². The van der Waals surface area contributed by atoms with E-state index in [0.717, 1.165) is 12.8 Å². The van der Waals surface area contributed by atoms with Gasteiger partial charge in [0.2, 0.25) is 15.9 Å². The van der Waals surface area contributed by atoms with Crippen LogP contribution < -0.4 is 10.0 Å². The number of carbonyl (C=O) groups is 1. The number of hydrogen-bond donors (Lipinski definition) is 2. The van der Waals surface area contributed by atoms with Crippen LogP contribution in [0.1, 0.15) is 33.6 Å². The Morgan fingerprint density at radius 1 is 1.20 bits per heavy atom. The summed E-state index contributed by atoms with van der Waals surface area (Å²) in [6.45, 7) is 6.03. The smallest absolute Gasteiger partial charge is 0.240 e. The van der Waals surface area contributed by atoms with Gasteiger partial charge in [-0.15, -0.1) is 0 Å². The van der Waals surface area contributed by atoms with Crippen LogP contribution in [0.2, 0.25) is 0 Å². The molecule has 0 radical (unpaired) electrons. The minimum Gasteiger partial charge on any atom is -0.326 e. The highest BCUT2D eigenvalue weighted by Crippen LogP contribution is 2.14. The zero-order chi connectivity index (χ0) is 15.2. The maximum atomic E-state index is 12.0. The average molecular weight is 298 g/mol. The average Bonchev–Trinajstić information content (AvgIpc) is 2.39. The van der Waals surface area contributed by atoms with E-state index in [9.17, 15) is 13.2 Å². The van der Waals surface area contributed by atoms with E-state index in [1.807, 2.05) is 6.92 Å². The topological polar surface area (TPSA) is 75.3 Å². The van der Waals surface area contributed by atoms with E-state index in [-0.39, 0.29) is 16.7 Å². The molecule has 0 aromatic heterocycles. The summed E-state index contributed by atoms with van der Waals surface area (Å²) in [5.74, 6) is -0.212. The van der Waals surface area contributed by atoms with E-state index in [4.69, 9.17) is 0 Å². The SMILES string of the molecule is CCCCNS(=O)(=O)c1ccc(NC(=O)C(C)C)cc1. The van der Waals surface area contributed by atoms with Gasteiger partial charge in [-0.05, 0) is 30.7 Å². The Morgan fingerprint density at radius 2 is 1.80 bits per heavy atom. The Morgan fingerprint density at radius 3 is 2.30 bits per heavy atom. The molecule has 1 aromatic carbocycles. The Labute approximate surface area is 120 Å². The van der Waals surface area contributed by atoms with Crippen LogP contribution in [0.15, 0.2) is 29.2 Å². The number of carbonyl (C=O) groups excluding carboxylic acids is 1. The second kappa shape index (κ2) is 7.40. The molecule has 20 heavy (non-hydrogen) atoms. The zero-order valence-corrected chi connectivity index (χ0v) is 13.0. The molecule has 0 saturated heterocycles. The second-order valence-corrected chi connectivity index (χ2v) is 6.69. The highest BCUT2D eigenvalue weighted by molar-refractivity contribution is 7.89. The van der Waals surface area contributed by atoms with Crippen LogP contribution in [-0.4, -0.2) is 20.9 Å². The van der Waals surface area contributed by atoms with Crippen molar-refractivity contribution in [3.8, 4) is 0 Å². The van der Waals surface area contributed by atoms with Crippen molar-refractivity contribution in [3.63, 3.8) is 0 Å². The van der Waals surface area contributed by atoms with Gasteiger partial charge in [0.05, 0.1) is 4.90 Å². The molecule has 0 heterocycles. The van der Waals surface area contributed by atoms with Gasteiger partial charge in [-0.1, -0.05) is 27.2 Å². The van der Waals surface area contributed by atoms with Gasteiger partial charge in [-0.25, -0.2) is 13.1 Å². The standard InChI is InChI=1S/C14H22N2O3S/c1-4-5-10-15-20(18,19)13-8-6-12(7-9-13)16-14(17)11(2)3/h6-9,11,15H,4-5,10H2,1-3H3,(H,16,17). The third kappa shape index (κ3) is 4.94. The number of nitrogens with one attached hydrogen (secondary N) is 2. The Balaban J connectivity index is 2.73. The molecule has 5 nitrogen and oxygen atoms in total. The first kappa shape index (κ1) is 16.7. The van der Waals surface area contributed by atoms with E-state index in [1.165, 1.54) is 12.1 Å². The lowest BCUT2D eigenvalue weighted by Gasteiger charge is -2.09. The van der Waals surface area contributed by atoms with Gasteiger partial charge in [0, 0.05) is 18.2 Å². The lowest BCUT2D eigenvalue weighted by Crippen LogP contribution is -2.24. The lowest BCUT2D eigenvalue weighted by molar-refractivity contribution is -0.118. The summed E-state index contributed by atoms with van der Waals surface area (Å²) in [6.07, 6.45) is 1.74. The molecule has 6 heteroatoms. The fraction of sp³-hybridized carbons (Fsp3) is 0.500. The minimum absolute atomic E-state index is 0.0957. The number of unbranched alkanes of at least 4 members (excludes halogenated alkanes) is 1. The number of sulfonamides is 1. The first-order valence-corrected chi connectivity index (χ1v) is 8.25. The molecular formula is C14H22N2O3S. The molecule has 0 bridgehead atoms. The molecule has 0 spiro atoms. The molecule has 1 amide bonds. The molecule has 0 aliphatic rings. The molecule has 1 rings (SSSR count). The van der Waals surface area contributed by atoms with E-state index < -0.39 is 10.0 Å². The first-order chi connectivity index (χ1) is 9.36. The molecule has 0 aliphatic heterocycles. The molecule has 2 N–H and O–H groups in total. The summed E-state index contributed by atoms with van der Waals surface area (Å²) in [6, 6.07) is 6.16. The van der Waals surface area contributed by atoms with Crippen molar-refractivity contribution >= 4 is 21.6 Å². The Hall–Kier alpha value is -1.40. The fourth-order valence-electron chi connectivity index (χ4n) is 1.47. The van der Waals surface area contributed by atoms with Crippen molar-refractivity contribution in [2.45, 2.75) is 38.5 Å². The monoisotopic (exact) mass is 298 g/mol. The summed E-state index contributed by atoms with van der Waals surface area (Å²) < 4.78 is 26.4. The molecule has 0 unspecified atom stereocenters. The summed E-state index contributed by atoms with van der Waals surface area (Å²) in [5.41, 5.74) is 0.594. The highest BCUT2D eigenvalue weighted by atomic mass is 32.2. The van der Waals surface area contributed by atoms with Crippen LogP contribution in [0.3, 0.4) is 0 Å². The Kier molecular flexibility index (Phi) is 6.16. The van der Waals surface area contributed by atoms with Crippen LogP contribution in [0.4, 0.5) is 5.69 Å². The van der Waals surface area contributed by atoms with Crippen LogP contribution >= 0.6 is 0 Å². The first-order valence-electron chi connectivity index (χ1n) is 6.77. The molecule has 1 aromatic rings. The number of amides is 1. The van der Waals surface area contributed by atoms with Gasteiger partial charge in [0.25, 0.3) is 0 Å². The quantitative estimate of drug-likeness (QED) is 0.759. The summed E-state index contributed by atoms with van der Waals surface area (Å²) in [5, 5.41) is 2.72. The van der Waals surface area contributed by atoms with Gasteiger partial charge in [0.15, 0.2) is 0 Å². The molecule has 0 fully saturated rings. The van der Waals surface area contributed by atoms with Crippen LogP contribution in [0.25, 0.3) is 0 Å². The van der Waals surface area contributed by atoms with E-state index >= 15 is 0 Å². The fourth-order valence-corrected chi connectivity index (χ4v) is 2.54. The van der Waals surface area contributed by atoms with Gasteiger partial charge >= 0.3 is 0 Å². The van der Waals surface area contributed by atoms with Crippen molar-refractivity contribution in [3.05, 3.63) is 24.3 Å². The van der Waals surface area contributed by atoms with Gasteiger partial charge < -0.3 is 5.32 Å². The van der Waals surface area contributed by atoms with Crippen molar-refractivity contribution in [2.24, 2.45) is 5.92 Å². The number of rotatable bonds is 7. The van der Waals surface area contributed by atoms with E-state index in [0.29, 0.717) is 12.2 Å². The third-order valence-electron chi connectivity index (χ3n) is 2.78. The van der Waals surface area contributed by atoms with Crippen LogP contribution in [0, 0.1) is 5.92 Å². The molecule has 0 aliphatic carbocycles. The van der Waals surface area contributed by atoms with Crippen LogP contribution in [-0.2, 0) is 14.8 Å². The number of anilines is 1. The maximum Gasteiger partial charge on any atom is 0.240 e. The minimum atomic E-state index is -3.46. The van der Waals surface area contributed by atoms with Gasteiger partial charge in [-0.3, -0.25) is 4.79 Å². The molecule has 112 valence electrons. The second-order valence-electron chi connectivity index (χ2n) is 4.92. The number of benzene rings is 1. The van der Waals surface area contributed by atoms with Gasteiger partial charge in [-0.2, -0.15) is 0 Å². The third-order valence-corrected chi connectivity index (χ3v) is 4.26. The molecule has 0 saturated carbocycles. The predicted octanol–water partition coefficient (Wildman–Crippen LogP) is 2.36. The number of hydrogen-bond acceptors (Lipinski definition) is 3. The van der Waals surface area contributed by atoms with Crippen molar-refractivity contribution in [1.82, 2.24) is 4.72 Å². The van der Waals surface area contributed by atoms with Gasteiger partial charge in [0.1, 0.15) is 0 Å². The maximum absolute atomic E-state index is 12.0. The summed E-state index contributed by atoms with van der Waals surface area (Å²) in [7, 11) is -3.46. The van der Waals surface area contributed by atoms with Crippen LogP contribution in [0.5, 0.6) is 0 Å². The van der Waals surface area contributed by atoms with E-state index in [1.54, 1.807) is 26.0 Å². The van der Waals surface area contributed by atoms with Crippen molar-refractivity contribution < 1.29 is 13.2 Å². The summed E-state index contributed by atoms with van der Waals surface area (Å²) >= 11 is 0. The largest absolute Gasteiger partial charge is 0.326 e. The molecular weight excluding hydrogens is 276 g/mol. The van der Waals surface area contributed by atoms with E-state index in [2.05, 4.69) is 10.0 Å². The zero-order valence-electron chi connectivity index (χ0n) is 12.1. The normalized spacial score (nSPS) is 11.6. The Bertz CT molecular complexity index is 536. The lowest BCUT2D eigenvalue weighted by atomic mass is 10.2. The summed E-state index contributed by atoms with van der Waals surface area (Å²) in [4.78, 5) is 11.7. The predicted molar refractivity (Wildman–Crippen MR) is 80.0 cm³/mol.